The fourth-order valence-corrected chi connectivity index (χ4v) is 4.57. The van der Waals surface area contributed by atoms with E-state index < -0.39 is 5.97 Å². The molecule has 2 saturated carbocycles. The van der Waals surface area contributed by atoms with Crippen LogP contribution < -0.4 is 0 Å². The highest BCUT2D eigenvalue weighted by molar-refractivity contribution is 5.67. The van der Waals surface area contributed by atoms with Crippen LogP contribution in [0.5, 0.6) is 5.75 Å². The van der Waals surface area contributed by atoms with Gasteiger partial charge in [-0.3, -0.25) is 4.79 Å². The van der Waals surface area contributed by atoms with E-state index in [-0.39, 0.29) is 6.42 Å². The third-order valence-corrected chi connectivity index (χ3v) is 5.97. The number of hydrogen-bond donors (Lipinski definition) is 2. The van der Waals surface area contributed by atoms with Gasteiger partial charge in [-0.2, -0.15) is 0 Å². The molecule has 1 aromatic rings. The highest BCUT2D eigenvalue weighted by Gasteiger charge is 2.24. The van der Waals surface area contributed by atoms with E-state index >= 15 is 0 Å². The zero-order valence-corrected chi connectivity index (χ0v) is 14.6. The molecule has 3 nitrogen and oxygen atoms in total. The molecule has 0 saturated heterocycles. The third kappa shape index (κ3) is 4.12. The lowest BCUT2D eigenvalue weighted by molar-refractivity contribution is -0.136. The van der Waals surface area contributed by atoms with Gasteiger partial charge in [-0.15, -0.1) is 0 Å². The van der Waals surface area contributed by atoms with E-state index in [2.05, 4.69) is 12.1 Å². The minimum absolute atomic E-state index is 0.0891. The molecule has 3 rings (SSSR count). The number of phenolic OH excluding ortho intramolecular Hbond substituents is 1. The van der Waals surface area contributed by atoms with Crippen LogP contribution in [0.3, 0.4) is 0 Å². The van der Waals surface area contributed by atoms with E-state index in [0.717, 1.165) is 24.0 Å². The molecule has 2 N–H and O–H groups in total. The van der Waals surface area contributed by atoms with Crippen molar-refractivity contribution < 1.29 is 15.0 Å². The highest BCUT2D eigenvalue weighted by atomic mass is 16.4. The van der Waals surface area contributed by atoms with Gasteiger partial charge in [0, 0.05) is 6.42 Å². The standard InChI is InChI=1S/C21H30O3/c22-20(23)12-11-17-13-18(15-7-3-1-4-8-15)14-19(21(17)24)16-9-5-2-6-10-16/h13-16,24H,1-12H2,(H,22,23). The van der Waals surface area contributed by atoms with Gasteiger partial charge in [0.2, 0.25) is 0 Å². The predicted octanol–water partition coefficient (Wildman–Crippen LogP) is 5.50. The van der Waals surface area contributed by atoms with Crippen LogP contribution in [-0.4, -0.2) is 16.2 Å². The lowest BCUT2D eigenvalue weighted by Gasteiger charge is -2.27. The quantitative estimate of drug-likeness (QED) is 0.749. The van der Waals surface area contributed by atoms with Crippen LogP contribution in [0.2, 0.25) is 0 Å². The zero-order chi connectivity index (χ0) is 16.9. The van der Waals surface area contributed by atoms with Crippen molar-refractivity contribution in [1.29, 1.82) is 0 Å². The number of aryl methyl sites for hydroxylation is 1. The number of aliphatic carboxylic acids is 1. The minimum Gasteiger partial charge on any atom is -0.507 e. The van der Waals surface area contributed by atoms with E-state index in [1.165, 1.54) is 56.9 Å². The first-order valence-electron chi connectivity index (χ1n) is 9.72. The van der Waals surface area contributed by atoms with Crippen LogP contribution in [0.25, 0.3) is 0 Å². The Morgan fingerprint density at radius 1 is 0.917 bits per heavy atom. The lowest BCUT2D eigenvalue weighted by Crippen LogP contribution is -2.10. The first-order chi connectivity index (χ1) is 11.6. The van der Waals surface area contributed by atoms with E-state index in [4.69, 9.17) is 5.11 Å². The average molecular weight is 330 g/mol. The van der Waals surface area contributed by atoms with E-state index in [1.807, 2.05) is 0 Å². The summed E-state index contributed by atoms with van der Waals surface area (Å²) in [7, 11) is 0. The van der Waals surface area contributed by atoms with Crippen molar-refractivity contribution in [3.63, 3.8) is 0 Å². The van der Waals surface area contributed by atoms with Crippen molar-refractivity contribution in [3.8, 4) is 5.75 Å². The second-order valence-corrected chi connectivity index (χ2v) is 7.68. The van der Waals surface area contributed by atoms with Gasteiger partial charge in [0.15, 0.2) is 0 Å². The lowest BCUT2D eigenvalue weighted by atomic mass is 9.78. The summed E-state index contributed by atoms with van der Waals surface area (Å²) in [6, 6.07) is 4.35. The molecule has 0 atom stereocenters. The second-order valence-electron chi connectivity index (χ2n) is 7.68. The molecule has 1 aromatic carbocycles. The van der Waals surface area contributed by atoms with Crippen LogP contribution in [0.15, 0.2) is 12.1 Å². The molecule has 0 bridgehead atoms. The van der Waals surface area contributed by atoms with Crippen molar-refractivity contribution in [2.75, 3.05) is 0 Å². The van der Waals surface area contributed by atoms with Gasteiger partial charge in [0.05, 0.1) is 0 Å². The van der Waals surface area contributed by atoms with Gasteiger partial charge in [-0.25, -0.2) is 0 Å². The maximum Gasteiger partial charge on any atom is 0.303 e. The smallest absolute Gasteiger partial charge is 0.303 e. The zero-order valence-electron chi connectivity index (χ0n) is 14.6. The van der Waals surface area contributed by atoms with Crippen molar-refractivity contribution in [3.05, 3.63) is 28.8 Å². The third-order valence-electron chi connectivity index (χ3n) is 5.97. The monoisotopic (exact) mass is 330 g/mol. The van der Waals surface area contributed by atoms with Gasteiger partial charge < -0.3 is 10.2 Å². The molecule has 2 aliphatic rings. The van der Waals surface area contributed by atoms with Gasteiger partial charge in [0.1, 0.15) is 5.75 Å². The average Bonchev–Trinajstić information content (AvgIpc) is 2.62. The molecule has 132 valence electrons. The summed E-state index contributed by atoms with van der Waals surface area (Å²) in [5.41, 5.74) is 3.28. The Morgan fingerprint density at radius 2 is 1.50 bits per heavy atom. The Hall–Kier alpha value is -1.51. The maximum atomic E-state index is 11.0. The Balaban J connectivity index is 1.92. The number of aromatic hydroxyl groups is 1. The number of hydrogen-bond acceptors (Lipinski definition) is 2. The molecule has 0 radical (unpaired) electrons. The summed E-state index contributed by atoms with van der Waals surface area (Å²) in [5, 5.41) is 19.8. The molecule has 0 unspecified atom stereocenters. The SMILES string of the molecule is O=C(O)CCc1cc(C2CCCCC2)cc(C2CCCCC2)c1O. The van der Waals surface area contributed by atoms with E-state index in [9.17, 15) is 9.90 Å². The van der Waals surface area contributed by atoms with Gasteiger partial charge in [0.25, 0.3) is 0 Å². The summed E-state index contributed by atoms with van der Waals surface area (Å²) in [6.45, 7) is 0. The molecule has 2 fully saturated rings. The van der Waals surface area contributed by atoms with Crippen molar-refractivity contribution in [2.45, 2.75) is 88.9 Å². The molecule has 0 amide bonds. The highest BCUT2D eigenvalue weighted by Crippen LogP contribution is 2.42. The number of carbonyl (C=O) groups is 1. The van der Waals surface area contributed by atoms with Crippen LogP contribution in [0, 0.1) is 0 Å². The van der Waals surface area contributed by atoms with Crippen molar-refractivity contribution in [2.24, 2.45) is 0 Å². The van der Waals surface area contributed by atoms with Gasteiger partial charge in [-0.05, 0) is 60.6 Å². The fraction of sp³-hybridized carbons (Fsp3) is 0.667. The molecular weight excluding hydrogens is 300 g/mol. The Bertz CT molecular complexity index is 567. The molecule has 2 aliphatic carbocycles. The largest absolute Gasteiger partial charge is 0.507 e. The number of carboxylic acids is 1. The first kappa shape index (κ1) is 17.3. The summed E-state index contributed by atoms with van der Waals surface area (Å²) >= 11 is 0. The molecule has 0 heterocycles. The topological polar surface area (TPSA) is 57.5 Å². The Labute approximate surface area is 145 Å². The van der Waals surface area contributed by atoms with E-state index in [1.54, 1.807) is 0 Å². The summed E-state index contributed by atoms with van der Waals surface area (Å²) in [6.07, 6.45) is 13.0. The van der Waals surface area contributed by atoms with Crippen LogP contribution in [0.1, 0.15) is 99.2 Å². The minimum atomic E-state index is -0.795. The maximum absolute atomic E-state index is 11.0. The van der Waals surface area contributed by atoms with E-state index in [0.29, 0.717) is 24.0 Å². The van der Waals surface area contributed by atoms with Crippen LogP contribution in [0.4, 0.5) is 0 Å². The summed E-state index contributed by atoms with van der Waals surface area (Å²) in [5.74, 6) is 0.621. The van der Waals surface area contributed by atoms with Gasteiger partial charge in [-0.1, -0.05) is 50.7 Å². The Kier molecular flexibility index (Phi) is 5.80. The normalized spacial score (nSPS) is 20.2. The molecule has 3 heteroatoms. The Morgan fingerprint density at radius 3 is 2.08 bits per heavy atom. The first-order valence-corrected chi connectivity index (χ1v) is 9.72. The van der Waals surface area contributed by atoms with Crippen molar-refractivity contribution >= 4 is 5.97 Å². The van der Waals surface area contributed by atoms with Crippen LogP contribution >= 0.6 is 0 Å². The van der Waals surface area contributed by atoms with Crippen LogP contribution in [-0.2, 0) is 11.2 Å². The molecule has 24 heavy (non-hydrogen) atoms. The molecule has 0 aromatic heterocycles. The molecule has 0 spiro atoms. The van der Waals surface area contributed by atoms with Gasteiger partial charge >= 0.3 is 5.97 Å². The van der Waals surface area contributed by atoms with Crippen molar-refractivity contribution in [1.82, 2.24) is 0 Å². The molecular formula is C21H30O3. The molecule has 0 aliphatic heterocycles. The fourth-order valence-electron chi connectivity index (χ4n) is 4.57. The number of benzene rings is 1. The predicted molar refractivity (Wildman–Crippen MR) is 95.7 cm³/mol. The number of carboxylic acid groups (broad SMARTS) is 1. The second kappa shape index (κ2) is 8.04. The number of rotatable bonds is 5. The summed E-state index contributed by atoms with van der Waals surface area (Å²) in [4.78, 5) is 11.0. The summed E-state index contributed by atoms with van der Waals surface area (Å²) < 4.78 is 0. The number of phenols is 1.